The molecule has 0 aliphatic heterocycles. The smallest absolute Gasteiger partial charge is 0.0975 e. The summed E-state index contributed by atoms with van der Waals surface area (Å²) in [6, 6.07) is 4.63. The van der Waals surface area contributed by atoms with E-state index in [2.05, 4.69) is 29.4 Å². The fourth-order valence-electron chi connectivity index (χ4n) is 2.74. The van der Waals surface area contributed by atoms with Crippen LogP contribution in [0, 0.1) is 0 Å². The molecule has 1 aliphatic carbocycles. The largest absolute Gasteiger partial charge is 0.309 e. The minimum Gasteiger partial charge on any atom is -0.309 e. The van der Waals surface area contributed by atoms with E-state index in [1.807, 2.05) is 23.7 Å². The molecule has 0 spiro atoms. The molecule has 0 saturated carbocycles. The lowest BCUT2D eigenvalue weighted by Gasteiger charge is -2.22. The van der Waals surface area contributed by atoms with Gasteiger partial charge in [0.15, 0.2) is 0 Å². The number of fused-ring (bicyclic) bond motifs is 1. The molecule has 2 heterocycles. The van der Waals surface area contributed by atoms with Gasteiger partial charge >= 0.3 is 0 Å². The molecule has 0 fully saturated rings. The van der Waals surface area contributed by atoms with Crippen LogP contribution in [0.15, 0.2) is 24.5 Å². The Labute approximate surface area is 124 Å². The van der Waals surface area contributed by atoms with Crippen molar-refractivity contribution in [1.82, 2.24) is 15.3 Å². The van der Waals surface area contributed by atoms with Gasteiger partial charge in [-0.1, -0.05) is 6.92 Å². The van der Waals surface area contributed by atoms with Crippen LogP contribution in [0.4, 0.5) is 0 Å². The van der Waals surface area contributed by atoms with Gasteiger partial charge in [0.2, 0.25) is 0 Å². The van der Waals surface area contributed by atoms with E-state index in [1.54, 1.807) is 0 Å². The molecular formula is C16H21N3S. The lowest BCUT2D eigenvalue weighted by atomic mass is 9.97. The molecule has 0 saturated heterocycles. The molecule has 20 heavy (non-hydrogen) atoms. The Hall–Kier alpha value is -1.26. The molecule has 1 N–H and O–H groups in total. The van der Waals surface area contributed by atoms with E-state index in [0.717, 1.165) is 13.0 Å². The number of nitrogens with zero attached hydrogens (tertiary/aromatic N) is 2. The van der Waals surface area contributed by atoms with Gasteiger partial charge in [0, 0.05) is 23.7 Å². The lowest BCUT2D eigenvalue weighted by molar-refractivity contribution is 0.454. The molecule has 4 heteroatoms. The molecule has 1 atom stereocenters. The van der Waals surface area contributed by atoms with E-state index >= 15 is 0 Å². The van der Waals surface area contributed by atoms with Crippen molar-refractivity contribution in [3.63, 3.8) is 0 Å². The molecule has 0 bridgehead atoms. The van der Waals surface area contributed by atoms with Gasteiger partial charge in [-0.3, -0.25) is 4.98 Å². The van der Waals surface area contributed by atoms with E-state index in [9.17, 15) is 0 Å². The average molecular weight is 287 g/mol. The maximum absolute atomic E-state index is 4.92. The minimum absolute atomic E-state index is 0.473. The number of pyridine rings is 1. The molecule has 2 aromatic heterocycles. The first-order valence-corrected chi connectivity index (χ1v) is 8.29. The van der Waals surface area contributed by atoms with Gasteiger partial charge in [-0.2, -0.15) is 0 Å². The minimum atomic E-state index is 0.473. The van der Waals surface area contributed by atoms with E-state index in [1.165, 1.54) is 46.8 Å². The zero-order chi connectivity index (χ0) is 13.8. The summed E-state index contributed by atoms with van der Waals surface area (Å²) in [4.78, 5) is 10.5. The third-order valence-electron chi connectivity index (χ3n) is 3.74. The summed E-state index contributed by atoms with van der Waals surface area (Å²) in [7, 11) is 0. The molecule has 0 aromatic carbocycles. The number of aryl methyl sites for hydroxylation is 1. The molecule has 106 valence electrons. The van der Waals surface area contributed by atoms with Crippen molar-refractivity contribution in [3.8, 4) is 0 Å². The van der Waals surface area contributed by atoms with Crippen molar-refractivity contribution in [3.05, 3.63) is 45.7 Å². The summed E-state index contributed by atoms with van der Waals surface area (Å²) >= 11 is 1.90. The highest BCUT2D eigenvalue weighted by Crippen LogP contribution is 2.33. The van der Waals surface area contributed by atoms with Gasteiger partial charge in [0.05, 0.1) is 16.7 Å². The van der Waals surface area contributed by atoms with E-state index in [0.29, 0.717) is 6.04 Å². The Balaban J connectivity index is 1.77. The summed E-state index contributed by atoms with van der Waals surface area (Å²) in [6.45, 7) is 3.30. The van der Waals surface area contributed by atoms with Crippen LogP contribution >= 0.6 is 11.3 Å². The van der Waals surface area contributed by atoms with Gasteiger partial charge < -0.3 is 5.32 Å². The summed E-state index contributed by atoms with van der Waals surface area (Å²) in [6.07, 6.45) is 9.54. The molecule has 1 unspecified atom stereocenters. The Morgan fingerprint density at radius 1 is 1.35 bits per heavy atom. The van der Waals surface area contributed by atoms with Crippen molar-refractivity contribution in [2.75, 3.05) is 6.54 Å². The van der Waals surface area contributed by atoms with Gasteiger partial charge in [-0.25, -0.2) is 4.98 Å². The van der Waals surface area contributed by atoms with E-state index in [-0.39, 0.29) is 0 Å². The fraction of sp³-hybridized carbons (Fsp3) is 0.500. The van der Waals surface area contributed by atoms with Crippen LogP contribution in [0.3, 0.4) is 0 Å². The summed E-state index contributed by atoms with van der Waals surface area (Å²) in [5.74, 6) is 0. The maximum Gasteiger partial charge on any atom is 0.0975 e. The number of nitrogens with one attached hydrogen (secondary N) is 1. The zero-order valence-corrected chi connectivity index (χ0v) is 12.7. The first-order valence-electron chi connectivity index (χ1n) is 7.47. The Bertz CT molecular complexity index is 550. The van der Waals surface area contributed by atoms with Crippen LogP contribution in [-0.2, 0) is 12.8 Å². The number of aromatic nitrogens is 2. The number of hydrogen-bond donors (Lipinski definition) is 1. The molecular weight excluding hydrogens is 266 g/mol. The Morgan fingerprint density at radius 2 is 2.20 bits per heavy atom. The second-order valence-electron chi connectivity index (χ2n) is 5.35. The molecule has 2 aromatic rings. The predicted octanol–water partition coefficient (Wildman–Crippen LogP) is 3.51. The average Bonchev–Trinajstić information content (AvgIpc) is 2.89. The first kappa shape index (κ1) is 13.7. The topological polar surface area (TPSA) is 37.8 Å². The predicted molar refractivity (Wildman–Crippen MR) is 83.1 cm³/mol. The molecule has 3 nitrogen and oxygen atoms in total. The van der Waals surface area contributed by atoms with Gasteiger partial charge in [0.1, 0.15) is 0 Å². The van der Waals surface area contributed by atoms with Crippen molar-refractivity contribution >= 4 is 11.3 Å². The van der Waals surface area contributed by atoms with Gasteiger partial charge in [-0.15, -0.1) is 11.3 Å². The van der Waals surface area contributed by atoms with Gasteiger partial charge in [-0.05, 0) is 49.9 Å². The van der Waals surface area contributed by atoms with Gasteiger partial charge in [0.25, 0.3) is 0 Å². The van der Waals surface area contributed by atoms with Crippen molar-refractivity contribution < 1.29 is 0 Å². The summed E-state index contributed by atoms with van der Waals surface area (Å²) in [5.41, 5.74) is 2.61. The first-order chi connectivity index (χ1) is 9.86. The summed E-state index contributed by atoms with van der Waals surface area (Å²) in [5, 5.41) is 4.88. The summed E-state index contributed by atoms with van der Waals surface area (Å²) < 4.78 is 0. The quantitative estimate of drug-likeness (QED) is 0.914. The molecule has 0 amide bonds. The highest BCUT2D eigenvalue weighted by Gasteiger charge is 2.24. The lowest BCUT2D eigenvalue weighted by Crippen LogP contribution is -2.25. The second kappa shape index (κ2) is 6.46. The normalized spacial score (nSPS) is 17.9. The number of thiazole rings is 1. The van der Waals surface area contributed by atoms with Crippen molar-refractivity contribution in [1.29, 1.82) is 0 Å². The highest BCUT2D eigenvalue weighted by atomic mass is 32.1. The van der Waals surface area contributed by atoms with Crippen LogP contribution in [0.5, 0.6) is 0 Å². The second-order valence-corrected chi connectivity index (χ2v) is 6.52. The van der Waals surface area contributed by atoms with E-state index in [4.69, 9.17) is 4.98 Å². The number of hydrogen-bond acceptors (Lipinski definition) is 4. The van der Waals surface area contributed by atoms with Crippen LogP contribution in [0.25, 0.3) is 0 Å². The SMILES string of the molecule is CCCNC1CCCc2sc(Cc3ccncc3)nc21. The maximum atomic E-state index is 4.92. The third kappa shape index (κ3) is 3.07. The van der Waals surface area contributed by atoms with Crippen LogP contribution in [-0.4, -0.2) is 16.5 Å². The molecule has 1 aliphatic rings. The zero-order valence-electron chi connectivity index (χ0n) is 11.9. The molecule has 0 radical (unpaired) electrons. The Kier molecular flexibility index (Phi) is 4.43. The van der Waals surface area contributed by atoms with Crippen LogP contribution in [0.1, 0.15) is 53.4 Å². The monoisotopic (exact) mass is 287 g/mol. The molecule has 3 rings (SSSR count). The Morgan fingerprint density at radius 3 is 3.00 bits per heavy atom. The van der Waals surface area contributed by atoms with E-state index < -0.39 is 0 Å². The standard InChI is InChI=1S/C16H21N3S/c1-2-8-18-13-4-3-5-14-16(13)19-15(20-14)11-12-6-9-17-10-7-12/h6-7,9-10,13,18H,2-5,8,11H2,1H3. The highest BCUT2D eigenvalue weighted by molar-refractivity contribution is 7.11. The van der Waals surface area contributed by atoms with Crippen molar-refractivity contribution in [2.45, 2.75) is 45.1 Å². The van der Waals surface area contributed by atoms with Crippen LogP contribution in [0.2, 0.25) is 0 Å². The third-order valence-corrected chi connectivity index (χ3v) is 4.87. The fourth-order valence-corrected chi connectivity index (χ4v) is 3.94. The number of rotatable bonds is 5. The van der Waals surface area contributed by atoms with Crippen molar-refractivity contribution in [2.24, 2.45) is 0 Å². The van der Waals surface area contributed by atoms with Crippen LogP contribution < -0.4 is 5.32 Å².